The molecule has 1 aliphatic rings. The minimum absolute atomic E-state index is 0. The van der Waals surface area contributed by atoms with E-state index in [1.165, 1.54) is 0 Å². The van der Waals surface area contributed by atoms with Crippen LogP contribution in [-0.4, -0.2) is 11.9 Å². The van der Waals surface area contributed by atoms with E-state index in [-0.39, 0.29) is 69.9 Å². The van der Waals surface area contributed by atoms with Gasteiger partial charge in [0.25, 0.3) is 0 Å². The summed E-state index contributed by atoms with van der Waals surface area (Å²) in [4.78, 5) is 10.8. The van der Waals surface area contributed by atoms with Crippen LogP contribution in [0.25, 0.3) is 0 Å². The van der Waals surface area contributed by atoms with Crippen LogP contribution in [-0.2, 0) is 4.79 Å². The van der Waals surface area contributed by atoms with E-state index in [4.69, 9.17) is 0 Å². The standard InChI is InChI=1S/C7H11O2.Rb/c1-4-3-6(8)7(9)5(4)2;/h4-6H,3H2,1-2H3;/q-1;+1. The van der Waals surface area contributed by atoms with E-state index in [1.807, 2.05) is 13.8 Å². The van der Waals surface area contributed by atoms with Gasteiger partial charge >= 0.3 is 58.2 Å². The smallest absolute Gasteiger partial charge is 0.846 e. The molecule has 0 amide bonds. The van der Waals surface area contributed by atoms with Crippen LogP contribution in [0.2, 0.25) is 0 Å². The van der Waals surface area contributed by atoms with Crippen molar-refractivity contribution in [2.45, 2.75) is 26.4 Å². The molecule has 0 radical (unpaired) electrons. The average molecular weight is 213 g/mol. The van der Waals surface area contributed by atoms with Crippen LogP contribution in [0.15, 0.2) is 0 Å². The van der Waals surface area contributed by atoms with Crippen LogP contribution < -0.4 is 63.3 Å². The number of rotatable bonds is 0. The molecule has 0 N–H and O–H groups in total. The van der Waals surface area contributed by atoms with Crippen LogP contribution in [0.1, 0.15) is 20.3 Å². The van der Waals surface area contributed by atoms with Gasteiger partial charge in [0.2, 0.25) is 0 Å². The van der Waals surface area contributed by atoms with E-state index in [1.54, 1.807) is 0 Å². The van der Waals surface area contributed by atoms with Crippen molar-refractivity contribution in [2.75, 3.05) is 0 Å². The summed E-state index contributed by atoms with van der Waals surface area (Å²) in [5.41, 5.74) is 0. The maximum Gasteiger partial charge on any atom is 1.00 e. The second-order valence-electron chi connectivity index (χ2n) is 2.89. The Bertz CT molecular complexity index is 136. The normalized spacial score (nSPS) is 39.5. The molecule has 0 saturated heterocycles. The number of carbonyl (C=O) groups excluding carboxylic acids is 1. The number of ketones is 1. The summed E-state index contributed by atoms with van der Waals surface area (Å²) in [7, 11) is 0. The number of hydrogen-bond acceptors (Lipinski definition) is 2. The first-order chi connectivity index (χ1) is 4.13. The molecule has 1 saturated carbocycles. The summed E-state index contributed by atoms with van der Waals surface area (Å²) in [6, 6.07) is 0. The van der Waals surface area contributed by atoms with Crippen molar-refractivity contribution < 1.29 is 68.1 Å². The fraction of sp³-hybridized carbons (Fsp3) is 0.857. The van der Waals surface area contributed by atoms with Crippen LogP contribution in [0.3, 0.4) is 0 Å². The SMILES string of the molecule is CC1CC([O-])C(=O)C1C.[Rb+]. The van der Waals surface area contributed by atoms with Gasteiger partial charge in [-0.2, -0.15) is 0 Å². The zero-order valence-corrected chi connectivity index (χ0v) is 11.7. The molecule has 0 heterocycles. The van der Waals surface area contributed by atoms with Crippen molar-refractivity contribution in [1.29, 1.82) is 0 Å². The molecule has 0 aliphatic heterocycles. The maximum atomic E-state index is 10.8. The molecule has 3 heteroatoms. The maximum absolute atomic E-state index is 10.8. The quantitative estimate of drug-likeness (QED) is 0.429. The van der Waals surface area contributed by atoms with Crippen LogP contribution in [0.5, 0.6) is 0 Å². The first-order valence-corrected chi connectivity index (χ1v) is 3.32. The first kappa shape index (κ1) is 11.4. The Morgan fingerprint density at radius 3 is 2.10 bits per heavy atom. The topological polar surface area (TPSA) is 40.1 Å². The summed E-state index contributed by atoms with van der Waals surface area (Å²) in [6.07, 6.45) is -0.380. The Kier molecular flexibility index (Phi) is 5.10. The van der Waals surface area contributed by atoms with Crippen molar-refractivity contribution in [1.82, 2.24) is 0 Å². The molecule has 0 bridgehead atoms. The molecule has 3 unspecified atom stereocenters. The van der Waals surface area contributed by atoms with Crippen molar-refractivity contribution in [2.24, 2.45) is 11.8 Å². The van der Waals surface area contributed by atoms with Gasteiger partial charge in [-0.3, -0.25) is 0 Å². The van der Waals surface area contributed by atoms with E-state index in [0.717, 1.165) is 0 Å². The van der Waals surface area contributed by atoms with Crippen molar-refractivity contribution in [3.63, 3.8) is 0 Å². The molecule has 1 fully saturated rings. The summed E-state index contributed by atoms with van der Waals surface area (Å²) < 4.78 is 0. The third-order valence-corrected chi connectivity index (χ3v) is 2.21. The fourth-order valence-electron chi connectivity index (χ4n) is 1.23. The molecule has 0 aromatic carbocycles. The van der Waals surface area contributed by atoms with E-state index >= 15 is 0 Å². The molecule has 0 aromatic rings. The zero-order valence-electron chi connectivity index (χ0n) is 6.76. The van der Waals surface area contributed by atoms with Crippen molar-refractivity contribution >= 4 is 5.78 Å². The number of carbonyl (C=O) groups is 1. The summed E-state index contributed by atoms with van der Waals surface area (Å²) in [5.74, 6) is 0.218. The monoisotopic (exact) mass is 212 g/mol. The molecule has 52 valence electrons. The molecule has 2 nitrogen and oxygen atoms in total. The molecule has 0 aromatic heterocycles. The molecule has 10 heavy (non-hydrogen) atoms. The fourth-order valence-corrected chi connectivity index (χ4v) is 1.23. The van der Waals surface area contributed by atoms with Crippen LogP contribution >= 0.6 is 0 Å². The molecule has 1 aliphatic carbocycles. The Hall–Kier alpha value is 1.44. The Labute approximate surface area is 110 Å². The molecule has 0 spiro atoms. The second-order valence-corrected chi connectivity index (χ2v) is 2.89. The van der Waals surface area contributed by atoms with Gasteiger partial charge in [-0.25, -0.2) is 0 Å². The third-order valence-electron chi connectivity index (χ3n) is 2.21. The molecular weight excluding hydrogens is 202 g/mol. The van der Waals surface area contributed by atoms with Gasteiger partial charge < -0.3 is 9.90 Å². The van der Waals surface area contributed by atoms with Gasteiger partial charge in [-0.15, -0.1) is 0 Å². The molecule has 1 rings (SSSR count). The van der Waals surface area contributed by atoms with Crippen LogP contribution in [0, 0.1) is 11.8 Å². The number of Topliss-reactive ketones (excluding diaryl/α,β-unsaturated/α-hetero) is 1. The summed E-state index contributed by atoms with van der Waals surface area (Å²) in [6.45, 7) is 3.80. The van der Waals surface area contributed by atoms with E-state index in [2.05, 4.69) is 0 Å². The number of hydrogen-bond donors (Lipinski definition) is 0. The van der Waals surface area contributed by atoms with Crippen molar-refractivity contribution in [3.8, 4) is 0 Å². The molecule has 3 atom stereocenters. The van der Waals surface area contributed by atoms with Crippen LogP contribution in [0.4, 0.5) is 0 Å². The Morgan fingerprint density at radius 1 is 1.50 bits per heavy atom. The van der Waals surface area contributed by atoms with Gasteiger partial charge in [-0.1, -0.05) is 26.4 Å². The van der Waals surface area contributed by atoms with E-state index in [0.29, 0.717) is 12.3 Å². The predicted molar refractivity (Wildman–Crippen MR) is 31.7 cm³/mol. The van der Waals surface area contributed by atoms with E-state index < -0.39 is 6.10 Å². The minimum atomic E-state index is -0.921. The zero-order chi connectivity index (χ0) is 7.02. The Balaban J connectivity index is 0.000000810. The summed E-state index contributed by atoms with van der Waals surface area (Å²) >= 11 is 0. The minimum Gasteiger partial charge on any atom is -0.846 e. The largest absolute Gasteiger partial charge is 1.00 e. The van der Waals surface area contributed by atoms with Crippen molar-refractivity contribution in [3.05, 3.63) is 0 Å². The van der Waals surface area contributed by atoms with E-state index in [9.17, 15) is 9.90 Å². The summed E-state index contributed by atoms with van der Waals surface area (Å²) in [5, 5.41) is 10.7. The van der Waals surface area contributed by atoms with Gasteiger partial charge in [0.15, 0.2) is 0 Å². The third kappa shape index (κ3) is 2.21. The predicted octanol–water partition coefficient (Wildman–Crippen LogP) is -3.04. The van der Waals surface area contributed by atoms with Gasteiger partial charge in [0.05, 0.1) is 0 Å². The van der Waals surface area contributed by atoms with Gasteiger partial charge in [-0.05, 0) is 5.92 Å². The molecular formula is C7H11O2Rb. The second kappa shape index (κ2) is 4.46. The van der Waals surface area contributed by atoms with Gasteiger partial charge in [0.1, 0.15) is 5.78 Å². The average Bonchev–Trinajstić information content (AvgIpc) is 1.98. The van der Waals surface area contributed by atoms with Gasteiger partial charge in [0, 0.05) is 5.92 Å². The Morgan fingerprint density at radius 2 is 2.00 bits per heavy atom. The first-order valence-electron chi connectivity index (χ1n) is 3.32.